The van der Waals surface area contributed by atoms with E-state index in [2.05, 4.69) is 19.7 Å². The molecule has 0 atom stereocenters. The summed E-state index contributed by atoms with van der Waals surface area (Å²) in [6, 6.07) is 0. The van der Waals surface area contributed by atoms with E-state index in [-0.39, 0.29) is 11.7 Å². The van der Waals surface area contributed by atoms with Crippen LogP contribution in [0, 0.1) is 0 Å². The Balaban J connectivity index is 2.44. The van der Waals surface area contributed by atoms with Crippen LogP contribution < -0.4 is 10.5 Å². The summed E-state index contributed by atoms with van der Waals surface area (Å²) in [4.78, 5) is 0. The summed E-state index contributed by atoms with van der Waals surface area (Å²) in [5, 5.41) is 6.24. The Labute approximate surface area is 60.1 Å². The first-order valence-corrected chi connectivity index (χ1v) is 2.69. The van der Waals surface area contributed by atoms with Crippen LogP contribution in [-0.2, 0) is 0 Å². The number of hydrogen-bond donors (Lipinski definition) is 1. The second-order valence-electron chi connectivity index (χ2n) is 1.66. The van der Waals surface area contributed by atoms with Crippen LogP contribution in [0.4, 0.5) is 14.6 Å². The first-order valence-electron chi connectivity index (χ1n) is 2.69. The molecular formula is C4H5F2N3O2. The molecule has 1 rings (SSSR count). The Morgan fingerprint density at radius 2 is 2.27 bits per heavy atom. The summed E-state index contributed by atoms with van der Waals surface area (Å²) < 4.78 is 31.5. The van der Waals surface area contributed by atoms with Crippen molar-refractivity contribution in [3.05, 3.63) is 0 Å². The Morgan fingerprint density at radius 1 is 1.55 bits per heavy atom. The van der Waals surface area contributed by atoms with Crippen molar-refractivity contribution in [1.82, 2.24) is 10.3 Å². The minimum atomic E-state index is -2.56. The van der Waals surface area contributed by atoms with Gasteiger partial charge >= 0.3 is 0 Å². The topological polar surface area (TPSA) is 74.2 Å². The predicted molar refractivity (Wildman–Crippen MR) is 30.2 cm³/mol. The number of nitrogens with zero attached hydrogens (tertiary/aromatic N) is 2. The molecule has 0 saturated carbocycles. The molecule has 0 aliphatic rings. The average Bonchev–Trinajstić information content (AvgIpc) is 2.31. The SMILES string of the molecule is Nc1nonc1OCC(F)F. The van der Waals surface area contributed by atoms with Gasteiger partial charge in [-0.2, -0.15) is 0 Å². The zero-order valence-electron chi connectivity index (χ0n) is 5.33. The number of ether oxygens (including phenoxy) is 1. The van der Waals surface area contributed by atoms with Gasteiger partial charge in [-0.15, -0.1) is 0 Å². The van der Waals surface area contributed by atoms with Crippen LogP contribution in [0.25, 0.3) is 0 Å². The van der Waals surface area contributed by atoms with Crippen molar-refractivity contribution < 1.29 is 18.1 Å². The Bertz CT molecular complexity index is 227. The second-order valence-corrected chi connectivity index (χ2v) is 1.66. The Kier molecular flexibility index (Phi) is 2.19. The van der Waals surface area contributed by atoms with Crippen molar-refractivity contribution in [2.75, 3.05) is 12.3 Å². The maximum atomic E-state index is 11.5. The van der Waals surface area contributed by atoms with Gasteiger partial charge in [0, 0.05) is 0 Å². The van der Waals surface area contributed by atoms with Crippen molar-refractivity contribution in [2.24, 2.45) is 0 Å². The van der Waals surface area contributed by atoms with Crippen molar-refractivity contribution in [1.29, 1.82) is 0 Å². The van der Waals surface area contributed by atoms with E-state index in [9.17, 15) is 8.78 Å². The summed E-state index contributed by atoms with van der Waals surface area (Å²) in [5.74, 6) is -0.337. The number of alkyl halides is 2. The molecule has 0 saturated heterocycles. The van der Waals surface area contributed by atoms with E-state index >= 15 is 0 Å². The Hall–Kier alpha value is -1.40. The summed E-state index contributed by atoms with van der Waals surface area (Å²) in [6.45, 7) is -0.765. The van der Waals surface area contributed by atoms with Gasteiger partial charge in [0.2, 0.25) is 5.82 Å². The first kappa shape index (κ1) is 7.70. The van der Waals surface area contributed by atoms with Crippen molar-refractivity contribution in [2.45, 2.75) is 6.43 Å². The molecule has 7 heteroatoms. The third-order valence-electron chi connectivity index (χ3n) is 0.828. The molecule has 0 amide bonds. The quantitative estimate of drug-likeness (QED) is 0.696. The zero-order valence-corrected chi connectivity index (χ0v) is 5.33. The fourth-order valence-corrected chi connectivity index (χ4v) is 0.430. The number of hydrogen-bond acceptors (Lipinski definition) is 5. The number of nitrogens with two attached hydrogens (primary N) is 1. The lowest BCUT2D eigenvalue weighted by Gasteiger charge is -1.98. The molecule has 11 heavy (non-hydrogen) atoms. The van der Waals surface area contributed by atoms with Crippen LogP contribution in [-0.4, -0.2) is 23.3 Å². The van der Waals surface area contributed by atoms with Gasteiger partial charge < -0.3 is 10.5 Å². The highest BCUT2D eigenvalue weighted by Gasteiger charge is 2.10. The van der Waals surface area contributed by atoms with E-state index in [0.29, 0.717) is 0 Å². The van der Waals surface area contributed by atoms with Crippen molar-refractivity contribution >= 4 is 5.82 Å². The summed E-state index contributed by atoms with van der Waals surface area (Å²) in [5.41, 5.74) is 5.09. The van der Waals surface area contributed by atoms with Gasteiger partial charge in [-0.05, 0) is 10.3 Å². The fraction of sp³-hybridized carbons (Fsp3) is 0.500. The Morgan fingerprint density at radius 3 is 2.73 bits per heavy atom. The largest absolute Gasteiger partial charge is 0.467 e. The second kappa shape index (κ2) is 3.13. The number of nitrogen functional groups attached to an aromatic ring is 1. The van der Waals surface area contributed by atoms with E-state index < -0.39 is 13.0 Å². The lowest BCUT2D eigenvalue weighted by molar-refractivity contribution is 0.0776. The normalized spacial score (nSPS) is 10.5. The summed E-state index contributed by atoms with van der Waals surface area (Å²) in [7, 11) is 0. The smallest absolute Gasteiger partial charge is 0.300 e. The molecule has 0 aromatic carbocycles. The molecule has 0 bridgehead atoms. The molecule has 0 aliphatic carbocycles. The molecule has 1 heterocycles. The number of halogens is 2. The van der Waals surface area contributed by atoms with Gasteiger partial charge in [-0.25, -0.2) is 13.4 Å². The van der Waals surface area contributed by atoms with Crippen LogP contribution >= 0.6 is 0 Å². The number of anilines is 1. The van der Waals surface area contributed by atoms with Crippen LogP contribution in [0.3, 0.4) is 0 Å². The van der Waals surface area contributed by atoms with E-state index in [4.69, 9.17) is 5.73 Å². The van der Waals surface area contributed by atoms with E-state index in [1.165, 1.54) is 0 Å². The monoisotopic (exact) mass is 165 g/mol. The van der Waals surface area contributed by atoms with Crippen LogP contribution in [0.15, 0.2) is 4.63 Å². The standard InChI is InChI=1S/C4H5F2N3O2/c5-2(6)1-10-4-3(7)8-11-9-4/h2H,1H2,(H2,7,8). The molecular weight excluding hydrogens is 160 g/mol. The fourth-order valence-electron chi connectivity index (χ4n) is 0.430. The first-order chi connectivity index (χ1) is 5.20. The molecule has 2 N–H and O–H groups in total. The molecule has 0 radical (unpaired) electrons. The molecule has 62 valence electrons. The van der Waals surface area contributed by atoms with Gasteiger partial charge in [0.1, 0.15) is 0 Å². The van der Waals surface area contributed by atoms with Crippen molar-refractivity contribution in [3.8, 4) is 5.88 Å². The van der Waals surface area contributed by atoms with E-state index in [0.717, 1.165) is 0 Å². The minimum Gasteiger partial charge on any atom is -0.467 e. The van der Waals surface area contributed by atoms with Crippen LogP contribution in [0.2, 0.25) is 0 Å². The molecule has 1 aromatic rings. The molecule has 0 spiro atoms. The molecule has 5 nitrogen and oxygen atoms in total. The number of aromatic nitrogens is 2. The molecule has 0 aliphatic heterocycles. The summed E-state index contributed by atoms with van der Waals surface area (Å²) >= 11 is 0. The lowest BCUT2D eigenvalue weighted by Crippen LogP contribution is -2.08. The lowest BCUT2D eigenvalue weighted by atomic mass is 10.7. The molecule has 0 fully saturated rings. The van der Waals surface area contributed by atoms with Gasteiger partial charge in [0.25, 0.3) is 12.3 Å². The summed E-state index contributed by atoms with van der Waals surface area (Å²) in [6.07, 6.45) is -2.56. The van der Waals surface area contributed by atoms with Crippen LogP contribution in [0.1, 0.15) is 0 Å². The zero-order chi connectivity index (χ0) is 8.27. The highest BCUT2D eigenvalue weighted by atomic mass is 19.3. The third-order valence-corrected chi connectivity index (χ3v) is 0.828. The molecule has 1 aromatic heterocycles. The van der Waals surface area contributed by atoms with Gasteiger partial charge in [-0.1, -0.05) is 0 Å². The van der Waals surface area contributed by atoms with E-state index in [1.54, 1.807) is 0 Å². The number of rotatable bonds is 3. The van der Waals surface area contributed by atoms with E-state index in [1.807, 2.05) is 0 Å². The van der Waals surface area contributed by atoms with Crippen LogP contribution in [0.5, 0.6) is 5.88 Å². The minimum absolute atomic E-state index is 0.134. The highest BCUT2D eigenvalue weighted by molar-refractivity contribution is 5.36. The average molecular weight is 165 g/mol. The third kappa shape index (κ3) is 2.03. The predicted octanol–water partition coefficient (Wildman–Crippen LogP) is 0.296. The molecule has 0 unspecified atom stereocenters. The maximum absolute atomic E-state index is 11.5. The van der Waals surface area contributed by atoms with Gasteiger partial charge in [0.15, 0.2) is 6.61 Å². The maximum Gasteiger partial charge on any atom is 0.300 e. The van der Waals surface area contributed by atoms with Crippen molar-refractivity contribution in [3.63, 3.8) is 0 Å². The van der Waals surface area contributed by atoms with Gasteiger partial charge in [-0.3, -0.25) is 0 Å². The highest BCUT2D eigenvalue weighted by Crippen LogP contribution is 2.14. The van der Waals surface area contributed by atoms with Gasteiger partial charge in [0.05, 0.1) is 0 Å².